The highest BCUT2D eigenvalue weighted by Crippen LogP contribution is 2.32. The molecule has 0 unspecified atom stereocenters. The second-order valence-electron chi connectivity index (χ2n) is 11.1. The molecule has 1 aromatic carbocycles. The topological polar surface area (TPSA) is 135 Å². The van der Waals surface area contributed by atoms with Crippen LogP contribution in [0.4, 0.5) is 5.82 Å². The minimum atomic E-state index is -0.667. The standard InChI is InChI=1S/C31H35BrN8O3/c1-6-11-33-31(43)28-23-13-21(22-14-34-20(5)35-15-22)8-9-24(23)39(38-28)16-27(41)40-19(4)18(3)12-25(40)30(42)37-29-17(2)7-10-26(32)36-29/h7-10,13-15,18-19,25H,6,11-12,16H2,1-5H3,(H,33,43)(H,36,37,42)/t18-,19+,25-/m0/s1. The van der Waals surface area contributed by atoms with E-state index in [2.05, 4.69) is 46.6 Å². The molecule has 1 saturated heterocycles. The van der Waals surface area contributed by atoms with Crippen LogP contribution < -0.4 is 10.6 Å². The van der Waals surface area contributed by atoms with E-state index in [0.29, 0.717) is 40.1 Å². The number of rotatable bonds is 8. The maximum atomic E-state index is 13.9. The average Bonchev–Trinajstić information content (AvgIpc) is 3.50. The molecule has 3 aromatic heterocycles. The molecule has 0 radical (unpaired) electrons. The molecule has 0 saturated carbocycles. The van der Waals surface area contributed by atoms with Gasteiger partial charge in [0.15, 0.2) is 5.69 Å². The van der Waals surface area contributed by atoms with Crippen LogP contribution in [-0.2, 0) is 16.1 Å². The molecular formula is C31H35BrN8O3. The summed E-state index contributed by atoms with van der Waals surface area (Å²) in [6, 6.07) is 8.47. The maximum Gasteiger partial charge on any atom is 0.272 e. The summed E-state index contributed by atoms with van der Waals surface area (Å²) in [6.07, 6.45) is 4.78. The number of aryl methyl sites for hydroxylation is 2. The van der Waals surface area contributed by atoms with Gasteiger partial charge in [0.05, 0.1) is 5.52 Å². The van der Waals surface area contributed by atoms with Gasteiger partial charge in [-0.2, -0.15) is 5.10 Å². The molecule has 5 rings (SSSR count). The Kier molecular flexibility index (Phi) is 8.86. The number of hydrogen-bond donors (Lipinski definition) is 2. The minimum absolute atomic E-state index is 0.111. The second kappa shape index (κ2) is 12.6. The van der Waals surface area contributed by atoms with Crippen molar-refractivity contribution in [3.63, 3.8) is 0 Å². The monoisotopic (exact) mass is 646 g/mol. The fourth-order valence-corrected chi connectivity index (χ4v) is 5.72. The largest absolute Gasteiger partial charge is 0.351 e. The zero-order valence-electron chi connectivity index (χ0n) is 24.9. The van der Waals surface area contributed by atoms with Gasteiger partial charge in [0.25, 0.3) is 5.91 Å². The number of fused-ring (bicyclic) bond motifs is 1. The summed E-state index contributed by atoms with van der Waals surface area (Å²) in [4.78, 5) is 55.2. The Morgan fingerprint density at radius 1 is 1.05 bits per heavy atom. The lowest BCUT2D eigenvalue weighted by atomic mass is 10.0. The zero-order valence-corrected chi connectivity index (χ0v) is 26.5. The molecule has 1 fully saturated rings. The van der Waals surface area contributed by atoms with Crippen LogP contribution in [0.5, 0.6) is 0 Å². The summed E-state index contributed by atoms with van der Waals surface area (Å²) in [5.41, 5.74) is 3.33. The number of carbonyl (C=O) groups excluding carboxylic acids is 3. The fraction of sp³-hybridized carbons (Fsp3) is 0.387. The second-order valence-corrected chi connectivity index (χ2v) is 11.9. The van der Waals surface area contributed by atoms with Gasteiger partial charge in [-0.15, -0.1) is 0 Å². The van der Waals surface area contributed by atoms with Crippen LogP contribution in [0.3, 0.4) is 0 Å². The first-order valence-electron chi connectivity index (χ1n) is 14.4. The number of hydrogen-bond acceptors (Lipinski definition) is 7. The van der Waals surface area contributed by atoms with Crippen LogP contribution in [0.15, 0.2) is 47.3 Å². The Morgan fingerprint density at radius 3 is 2.51 bits per heavy atom. The van der Waals surface area contributed by atoms with Crippen LogP contribution in [0, 0.1) is 19.8 Å². The number of anilines is 1. The summed E-state index contributed by atoms with van der Waals surface area (Å²) in [6.45, 7) is 10.0. The number of benzene rings is 1. The minimum Gasteiger partial charge on any atom is -0.351 e. The van der Waals surface area contributed by atoms with Gasteiger partial charge in [0.1, 0.15) is 28.8 Å². The van der Waals surface area contributed by atoms with Crippen molar-refractivity contribution in [2.24, 2.45) is 5.92 Å². The van der Waals surface area contributed by atoms with Gasteiger partial charge < -0.3 is 15.5 Å². The van der Waals surface area contributed by atoms with Gasteiger partial charge in [0, 0.05) is 35.9 Å². The first kappa shape index (κ1) is 30.3. The number of likely N-dealkylation sites (tertiary alicyclic amines) is 1. The first-order valence-corrected chi connectivity index (χ1v) is 15.2. The van der Waals surface area contributed by atoms with Gasteiger partial charge in [-0.05, 0) is 84.8 Å². The van der Waals surface area contributed by atoms with E-state index in [-0.39, 0.29) is 41.9 Å². The average molecular weight is 648 g/mol. The van der Waals surface area contributed by atoms with E-state index in [9.17, 15) is 14.4 Å². The summed E-state index contributed by atoms with van der Waals surface area (Å²) < 4.78 is 2.16. The number of nitrogens with zero attached hydrogens (tertiary/aromatic N) is 6. The van der Waals surface area contributed by atoms with Gasteiger partial charge >= 0.3 is 0 Å². The Bertz CT molecular complexity index is 1690. The number of carbonyl (C=O) groups is 3. The third-order valence-corrected chi connectivity index (χ3v) is 8.43. The number of aromatic nitrogens is 5. The van der Waals surface area contributed by atoms with E-state index in [4.69, 9.17) is 0 Å². The van der Waals surface area contributed by atoms with E-state index < -0.39 is 6.04 Å². The number of amides is 3. The number of nitrogens with one attached hydrogen (secondary N) is 2. The van der Waals surface area contributed by atoms with Crippen molar-refractivity contribution in [2.45, 2.75) is 66.1 Å². The van der Waals surface area contributed by atoms with E-state index in [0.717, 1.165) is 23.1 Å². The first-order chi connectivity index (χ1) is 20.6. The molecule has 0 spiro atoms. The highest BCUT2D eigenvalue weighted by Gasteiger charge is 2.43. The molecular weight excluding hydrogens is 612 g/mol. The summed E-state index contributed by atoms with van der Waals surface area (Å²) in [7, 11) is 0. The fourth-order valence-electron chi connectivity index (χ4n) is 5.41. The van der Waals surface area contributed by atoms with Gasteiger partial charge in [0.2, 0.25) is 11.8 Å². The third kappa shape index (κ3) is 6.29. The highest BCUT2D eigenvalue weighted by atomic mass is 79.9. The van der Waals surface area contributed by atoms with Crippen molar-refractivity contribution < 1.29 is 14.4 Å². The Labute approximate surface area is 258 Å². The van der Waals surface area contributed by atoms with Crippen molar-refractivity contribution in [2.75, 3.05) is 11.9 Å². The molecule has 0 aliphatic carbocycles. The Hall–Kier alpha value is -4.19. The molecule has 11 nitrogen and oxygen atoms in total. The zero-order chi connectivity index (χ0) is 30.8. The number of halogens is 1. The quantitative estimate of drug-likeness (QED) is 0.266. The molecule has 224 valence electrons. The molecule has 1 aliphatic heterocycles. The van der Waals surface area contributed by atoms with Crippen molar-refractivity contribution >= 4 is 50.4 Å². The lowest BCUT2D eigenvalue weighted by Gasteiger charge is -2.28. The van der Waals surface area contributed by atoms with Crippen LogP contribution in [0.2, 0.25) is 0 Å². The molecule has 3 amide bonds. The van der Waals surface area contributed by atoms with Crippen LogP contribution in [0.25, 0.3) is 22.0 Å². The summed E-state index contributed by atoms with van der Waals surface area (Å²) in [5.74, 6) is 0.379. The maximum absolute atomic E-state index is 13.9. The molecule has 12 heteroatoms. The Balaban J connectivity index is 1.46. The van der Waals surface area contributed by atoms with Gasteiger partial charge in [-0.3, -0.25) is 19.1 Å². The summed E-state index contributed by atoms with van der Waals surface area (Å²) in [5, 5.41) is 11.0. The SMILES string of the molecule is CCCNC(=O)c1nn(CC(=O)N2[C@H](C)[C@@H](C)C[C@H]2C(=O)Nc2nc(Br)ccc2C)c2ccc(-c3cnc(C)nc3)cc12. The predicted molar refractivity (Wildman–Crippen MR) is 167 cm³/mol. The van der Waals surface area contributed by atoms with Crippen molar-refractivity contribution in [3.05, 3.63) is 64.4 Å². The lowest BCUT2D eigenvalue weighted by molar-refractivity contribution is -0.139. The molecule has 1 aliphatic rings. The lowest BCUT2D eigenvalue weighted by Crippen LogP contribution is -2.47. The van der Waals surface area contributed by atoms with Gasteiger partial charge in [-0.25, -0.2) is 15.0 Å². The number of pyridine rings is 1. The predicted octanol–water partition coefficient (Wildman–Crippen LogP) is 4.67. The molecule has 4 aromatic rings. The Morgan fingerprint density at radius 2 is 1.79 bits per heavy atom. The molecule has 0 bridgehead atoms. The molecule has 4 heterocycles. The molecule has 2 N–H and O–H groups in total. The van der Waals surface area contributed by atoms with Gasteiger partial charge in [-0.1, -0.05) is 26.0 Å². The van der Waals surface area contributed by atoms with Crippen LogP contribution >= 0.6 is 15.9 Å². The van der Waals surface area contributed by atoms with E-state index in [1.807, 2.05) is 65.0 Å². The summed E-state index contributed by atoms with van der Waals surface area (Å²) >= 11 is 3.36. The van der Waals surface area contributed by atoms with Crippen LogP contribution in [0.1, 0.15) is 55.5 Å². The molecule has 3 atom stereocenters. The normalized spacial score (nSPS) is 18.2. The van der Waals surface area contributed by atoms with Crippen molar-refractivity contribution in [1.29, 1.82) is 0 Å². The van der Waals surface area contributed by atoms with Crippen molar-refractivity contribution in [3.8, 4) is 11.1 Å². The van der Waals surface area contributed by atoms with E-state index in [1.165, 1.54) is 0 Å². The van der Waals surface area contributed by atoms with E-state index in [1.54, 1.807) is 22.0 Å². The van der Waals surface area contributed by atoms with E-state index >= 15 is 0 Å². The third-order valence-electron chi connectivity index (χ3n) is 7.99. The van der Waals surface area contributed by atoms with Crippen molar-refractivity contribution in [1.82, 2.24) is 34.9 Å². The smallest absolute Gasteiger partial charge is 0.272 e. The van der Waals surface area contributed by atoms with Crippen LogP contribution in [-0.4, -0.2) is 66.0 Å². The molecule has 43 heavy (non-hydrogen) atoms. The highest BCUT2D eigenvalue weighted by molar-refractivity contribution is 9.10.